The summed E-state index contributed by atoms with van der Waals surface area (Å²) in [4.78, 5) is 11.4. The van der Waals surface area contributed by atoms with Crippen molar-refractivity contribution >= 4 is 5.91 Å². The number of amides is 1. The van der Waals surface area contributed by atoms with Crippen LogP contribution < -0.4 is 5.32 Å². The molecule has 0 aliphatic rings. The molecule has 0 saturated heterocycles. The fraction of sp³-hybridized carbons (Fsp3) is 0.273. The minimum atomic E-state index is -4.85. The second kappa shape index (κ2) is 5.49. The summed E-state index contributed by atoms with van der Waals surface area (Å²) in [5.41, 5.74) is -1.79. The van der Waals surface area contributed by atoms with Crippen molar-refractivity contribution in [2.45, 2.75) is 12.6 Å². The molecule has 0 spiro atoms. The van der Waals surface area contributed by atoms with Gasteiger partial charge in [-0.3, -0.25) is 4.79 Å². The van der Waals surface area contributed by atoms with Gasteiger partial charge in [0.25, 0.3) is 5.91 Å². The molecule has 0 aliphatic heterocycles. The normalized spacial score (nSPS) is 10.8. The van der Waals surface area contributed by atoms with Crippen molar-refractivity contribution in [3.05, 3.63) is 35.1 Å². The zero-order valence-electron chi connectivity index (χ0n) is 9.01. The maximum absolute atomic E-state index is 12.9. The highest BCUT2D eigenvalue weighted by molar-refractivity contribution is 5.94. The van der Waals surface area contributed by atoms with E-state index in [0.717, 1.165) is 6.07 Å². The summed E-state index contributed by atoms with van der Waals surface area (Å²) in [7, 11) is 0. The third-order valence-corrected chi connectivity index (χ3v) is 2.06. The molecule has 0 saturated carbocycles. The lowest BCUT2D eigenvalue weighted by Gasteiger charge is -2.09. The Balaban J connectivity index is 2.92. The van der Waals surface area contributed by atoms with E-state index in [1.54, 1.807) is 6.07 Å². The highest BCUT2D eigenvalue weighted by atomic mass is 19.4. The molecule has 1 rings (SSSR count). The number of nitrogens with zero attached hydrogens (tertiary/aromatic N) is 1. The van der Waals surface area contributed by atoms with E-state index in [1.165, 1.54) is 0 Å². The first kappa shape index (κ1) is 14.0. The lowest BCUT2D eigenvalue weighted by Crippen LogP contribution is -2.24. The van der Waals surface area contributed by atoms with Gasteiger partial charge in [0.05, 0.1) is 18.1 Å². The number of nitriles is 1. The molecule has 0 heterocycles. The van der Waals surface area contributed by atoms with Gasteiger partial charge in [-0.1, -0.05) is 0 Å². The summed E-state index contributed by atoms with van der Waals surface area (Å²) in [6.07, 6.45) is -4.81. The summed E-state index contributed by atoms with van der Waals surface area (Å²) in [6.45, 7) is 0.0219. The van der Waals surface area contributed by atoms with E-state index >= 15 is 0 Å². The molecule has 0 fully saturated rings. The number of benzene rings is 1. The van der Waals surface area contributed by atoms with Crippen LogP contribution in [0.4, 0.5) is 17.6 Å². The highest BCUT2D eigenvalue weighted by Crippen LogP contribution is 2.31. The van der Waals surface area contributed by atoms with Crippen molar-refractivity contribution in [3.8, 4) is 6.07 Å². The number of carbonyl (C=O) groups is 1. The smallest absolute Gasteiger partial charge is 0.351 e. The van der Waals surface area contributed by atoms with E-state index < -0.39 is 23.5 Å². The summed E-state index contributed by atoms with van der Waals surface area (Å²) >= 11 is 0. The summed E-state index contributed by atoms with van der Waals surface area (Å²) in [5, 5.41) is 10.5. The van der Waals surface area contributed by atoms with Crippen LogP contribution in [0.3, 0.4) is 0 Å². The monoisotopic (exact) mass is 260 g/mol. The molecule has 0 unspecified atom stereocenters. The summed E-state index contributed by atoms with van der Waals surface area (Å²) in [5.74, 6) is -2.22. The minimum absolute atomic E-state index is 0.0219. The van der Waals surface area contributed by atoms with Gasteiger partial charge < -0.3 is 5.32 Å². The predicted molar refractivity (Wildman–Crippen MR) is 54.0 cm³/mol. The van der Waals surface area contributed by atoms with Crippen LogP contribution in [0, 0.1) is 17.1 Å². The van der Waals surface area contributed by atoms with Gasteiger partial charge in [-0.2, -0.15) is 18.4 Å². The number of hydrogen-bond acceptors (Lipinski definition) is 2. The zero-order chi connectivity index (χ0) is 13.8. The molecule has 3 nitrogen and oxygen atoms in total. The third-order valence-electron chi connectivity index (χ3n) is 2.06. The quantitative estimate of drug-likeness (QED) is 0.670. The Morgan fingerprint density at radius 1 is 1.39 bits per heavy atom. The number of halogens is 4. The van der Waals surface area contributed by atoms with E-state index in [0.29, 0.717) is 12.1 Å². The lowest BCUT2D eigenvalue weighted by atomic mass is 10.1. The number of alkyl halides is 3. The average Bonchev–Trinajstić information content (AvgIpc) is 2.28. The van der Waals surface area contributed by atoms with Crippen LogP contribution >= 0.6 is 0 Å². The molecule has 1 N–H and O–H groups in total. The van der Waals surface area contributed by atoms with E-state index in [-0.39, 0.29) is 18.5 Å². The fourth-order valence-corrected chi connectivity index (χ4v) is 1.22. The van der Waals surface area contributed by atoms with Crippen LogP contribution in [-0.2, 0) is 6.18 Å². The summed E-state index contributed by atoms with van der Waals surface area (Å²) in [6, 6.07) is 3.74. The Morgan fingerprint density at radius 3 is 2.61 bits per heavy atom. The number of nitrogens with one attached hydrogen (secondary N) is 1. The van der Waals surface area contributed by atoms with Crippen molar-refractivity contribution in [1.29, 1.82) is 5.26 Å². The SMILES string of the molecule is N#CCCNC(=O)c1ccc(F)c(C(F)(F)F)c1. The van der Waals surface area contributed by atoms with Crippen LogP contribution in [0.25, 0.3) is 0 Å². The molecule has 18 heavy (non-hydrogen) atoms. The Bertz CT molecular complexity index is 491. The molecule has 7 heteroatoms. The summed E-state index contributed by atoms with van der Waals surface area (Å²) < 4.78 is 50.1. The Labute approximate surface area is 100 Å². The van der Waals surface area contributed by atoms with Crippen molar-refractivity contribution in [2.75, 3.05) is 6.54 Å². The van der Waals surface area contributed by atoms with Crippen molar-refractivity contribution in [3.63, 3.8) is 0 Å². The van der Waals surface area contributed by atoms with Crippen LogP contribution in [0.5, 0.6) is 0 Å². The maximum atomic E-state index is 12.9. The highest BCUT2D eigenvalue weighted by Gasteiger charge is 2.34. The molecule has 0 radical (unpaired) electrons. The Kier molecular flexibility index (Phi) is 4.26. The minimum Gasteiger partial charge on any atom is -0.351 e. The first-order chi connectivity index (χ1) is 8.36. The first-order valence-electron chi connectivity index (χ1n) is 4.88. The molecular weight excluding hydrogens is 252 g/mol. The van der Waals surface area contributed by atoms with Crippen molar-refractivity contribution in [2.24, 2.45) is 0 Å². The number of rotatable bonds is 3. The number of carbonyl (C=O) groups excluding carboxylic acids is 1. The van der Waals surface area contributed by atoms with Crippen LogP contribution in [-0.4, -0.2) is 12.5 Å². The van der Waals surface area contributed by atoms with Gasteiger partial charge in [-0.05, 0) is 18.2 Å². The molecule has 1 aromatic carbocycles. The standard InChI is InChI=1S/C11H8F4N2O/c12-9-3-2-7(6-8(9)11(13,14)15)10(18)17-5-1-4-16/h2-3,6H,1,5H2,(H,17,18). The topological polar surface area (TPSA) is 52.9 Å². The molecular formula is C11H8F4N2O. The lowest BCUT2D eigenvalue weighted by molar-refractivity contribution is -0.140. The first-order valence-corrected chi connectivity index (χ1v) is 4.88. The van der Waals surface area contributed by atoms with Gasteiger partial charge >= 0.3 is 6.18 Å². The molecule has 0 atom stereocenters. The molecule has 1 amide bonds. The molecule has 96 valence electrons. The van der Waals surface area contributed by atoms with Crippen molar-refractivity contribution in [1.82, 2.24) is 5.32 Å². The second-order valence-electron chi connectivity index (χ2n) is 3.36. The van der Waals surface area contributed by atoms with Crippen LogP contribution in [0.1, 0.15) is 22.3 Å². The van der Waals surface area contributed by atoms with Crippen molar-refractivity contribution < 1.29 is 22.4 Å². The van der Waals surface area contributed by atoms with Gasteiger partial charge in [0.2, 0.25) is 0 Å². The van der Waals surface area contributed by atoms with Gasteiger partial charge in [0.1, 0.15) is 5.82 Å². The van der Waals surface area contributed by atoms with E-state index in [1.807, 2.05) is 0 Å². The largest absolute Gasteiger partial charge is 0.419 e. The third kappa shape index (κ3) is 3.45. The van der Waals surface area contributed by atoms with Gasteiger partial charge in [0.15, 0.2) is 0 Å². The van der Waals surface area contributed by atoms with E-state index in [4.69, 9.17) is 5.26 Å². The van der Waals surface area contributed by atoms with Gasteiger partial charge in [-0.25, -0.2) is 4.39 Å². The average molecular weight is 260 g/mol. The fourth-order valence-electron chi connectivity index (χ4n) is 1.22. The Morgan fingerprint density at radius 2 is 2.06 bits per heavy atom. The second-order valence-corrected chi connectivity index (χ2v) is 3.36. The molecule has 1 aromatic rings. The predicted octanol–water partition coefficient (Wildman–Crippen LogP) is 2.49. The molecule has 0 bridgehead atoms. The Hall–Kier alpha value is -2.10. The van der Waals surface area contributed by atoms with Gasteiger partial charge in [0, 0.05) is 12.1 Å². The number of hydrogen-bond donors (Lipinski definition) is 1. The maximum Gasteiger partial charge on any atom is 0.419 e. The van der Waals surface area contributed by atoms with Crippen LogP contribution in [0.2, 0.25) is 0 Å². The molecule has 0 aliphatic carbocycles. The molecule has 0 aromatic heterocycles. The van der Waals surface area contributed by atoms with Crippen LogP contribution in [0.15, 0.2) is 18.2 Å². The zero-order valence-corrected chi connectivity index (χ0v) is 9.01. The van der Waals surface area contributed by atoms with Gasteiger partial charge in [-0.15, -0.1) is 0 Å². The van der Waals surface area contributed by atoms with E-state index in [2.05, 4.69) is 5.32 Å². The van der Waals surface area contributed by atoms with E-state index in [9.17, 15) is 22.4 Å².